The molecule has 1 atom stereocenters. The molecule has 0 aliphatic rings. The van der Waals surface area contributed by atoms with Crippen LogP contribution in [0.4, 0.5) is 0 Å². The summed E-state index contributed by atoms with van der Waals surface area (Å²) in [6, 6.07) is 8.28. The van der Waals surface area contributed by atoms with Crippen LogP contribution in [0.3, 0.4) is 0 Å². The van der Waals surface area contributed by atoms with E-state index in [1.165, 1.54) is 0 Å². The summed E-state index contributed by atoms with van der Waals surface area (Å²) in [5.74, 6) is -1.18. The van der Waals surface area contributed by atoms with Crippen molar-refractivity contribution in [3.8, 4) is 0 Å². The fourth-order valence-electron chi connectivity index (χ4n) is 0.963. The highest BCUT2D eigenvalue weighted by atomic mass is 16.5. The molecule has 0 fully saturated rings. The molecule has 1 N–H and O–H groups in total. The highest BCUT2D eigenvalue weighted by Gasteiger charge is 2.19. The van der Waals surface area contributed by atoms with Crippen molar-refractivity contribution in [1.29, 1.82) is 0 Å². The highest BCUT2D eigenvalue weighted by molar-refractivity contribution is 5.75. The zero-order chi connectivity index (χ0) is 9.68. The van der Waals surface area contributed by atoms with Gasteiger partial charge in [-0.25, -0.2) is 4.79 Å². The molecule has 0 spiro atoms. The van der Waals surface area contributed by atoms with Gasteiger partial charge in [-0.3, -0.25) is 4.79 Å². The van der Waals surface area contributed by atoms with Crippen LogP contribution in [0.2, 0.25) is 0 Å². The number of carbonyl (C=O) groups is 2. The van der Waals surface area contributed by atoms with Crippen LogP contribution in [0.5, 0.6) is 0 Å². The molecule has 1 aromatic rings. The molecule has 0 radical (unpaired) electrons. The van der Waals surface area contributed by atoms with E-state index in [0.717, 1.165) is 0 Å². The average Bonchev–Trinajstić information content (AvgIpc) is 2.15. The molecule has 0 saturated carbocycles. The van der Waals surface area contributed by atoms with E-state index in [1.807, 2.05) is 0 Å². The van der Waals surface area contributed by atoms with Gasteiger partial charge in [0.15, 0.2) is 0 Å². The van der Waals surface area contributed by atoms with Crippen molar-refractivity contribution in [2.24, 2.45) is 0 Å². The van der Waals surface area contributed by atoms with Gasteiger partial charge in [0, 0.05) is 5.56 Å². The minimum atomic E-state index is -1.21. The maximum Gasteiger partial charge on any atom is 0.349 e. The lowest BCUT2D eigenvalue weighted by molar-refractivity contribution is -0.156. The van der Waals surface area contributed by atoms with Crippen LogP contribution in [-0.4, -0.2) is 17.5 Å². The lowest BCUT2D eigenvalue weighted by Crippen LogP contribution is -2.14. The third-order valence-electron chi connectivity index (χ3n) is 1.52. The van der Waals surface area contributed by atoms with Crippen LogP contribution < -0.4 is 0 Å². The molecule has 1 aromatic carbocycles. The second-order valence-electron chi connectivity index (χ2n) is 2.36. The van der Waals surface area contributed by atoms with Crippen molar-refractivity contribution >= 4 is 12.4 Å². The lowest BCUT2D eigenvalue weighted by Gasteiger charge is -2.09. The molecular formula is C9H8O4. The molecule has 0 amide bonds. The summed E-state index contributed by atoms with van der Waals surface area (Å²) in [6.45, 7) is 0.131. The van der Waals surface area contributed by atoms with E-state index >= 15 is 0 Å². The molecule has 0 aromatic heterocycles. The monoisotopic (exact) mass is 180 g/mol. The van der Waals surface area contributed by atoms with E-state index in [0.29, 0.717) is 5.56 Å². The first-order valence-corrected chi connectivity index (χ1v) is 3.62. The molecular weight excluding hydrogens is 172 g/mol. The van der Waals surface area contributed by atoms with Crippen LogP contribution >= 0.6 is 0 Å². The van der Waals surface area contributed by atoms with E-state index < -0.39 is 12.1 Å². The molecule has 0 aliphatic carbocycles. The summed E-state index contributed by atoms with van der Waals surface area (Å²) in [6.07, 6.45) is -1.21. The van der Waals surface area contributed by atoms with Gasteiger partial charge >= 0.3 is 5.97 Å². The standard InChI is InChI=1S/C9H8O4/c10-6-13-8(9(11)12)7-4-2-1-3-5-7/h1-6,8H,(H,11,12)/t8-/m1/s1. The third kappa shape index (κ3) is 2.30. The second-order valence-corrected chi connectivity index (χ2v) is 2.36. The van der Waals surface area contributed by atoms with Gasteiger partial charge in [0.1, 0.15) is 0 Å². The Balaban J connectivity index is 2.88. The van der Waals surface area contributed by atoms with Crippen molar-refractivity contribution in [3.63, 3.8) is 0 Å². The largest absolute Gasteiger partial charge is 0.478 e. The number of ether oxygens (including phenoxy) is 1. The number of benzene rings is 1. The number of hydrogen-bond acceptors (Lipinski definition) is 3. The third-order valence-corrected chi connectivity index (χ3v) is 1.52. The Morgan fingerprint density at radius 3 is 2.46 bits per heavy atom. The Morgan fingerprint density at radius 1 is 1.38 bits per heavy atom. The number of hydrogen-bond donors (Lipinski definition) is 1. The summed E-state index contributed by atoms with van der Waals surface area (Å²) in [7, 11) is 0. The van der Waals surface area contributed by atoms with Gasteiger partial charge in [-0.2, -0.15) is 0 Å². The topological polar surface area (TPSA) is 63.6 Å². The van der Waals surface area contributed by atoms with Crippen molar-refractivity contribution in [1.82, 2.24) is 0 Å². The fourth-order valence-corrected chi connectivity index (χ4v) is 0.963. The van der Waals surface area contributed by atoms with Gasteiger partial charge in [0.2, 0.25) is 6.10 Å². The summed E-state index contributed by atoms with van der Waals surface area (Å²) >= 11 is 0. The van der Waals surface area contributed by atoms with E-state index in [2.05, 4.69) is 4.74 Å². The Labute approximate surface area is 74.8 Å². The smallest absolute Gasteiger partial charge is 0.349 e. The van der Waals surface area contributed by atoms with Gasteiger partial charge < -0.3 is 9.84 Å². The van der Waals surface area contributed by atoms with Crippen molar-refractivity contribution < 1.29 is 19.4 Å². The molecule has 0 heterocycles. The predicted molar refractivity (Wildman–Crippen MR) is 44.0 cm³/mol. The number of rotatable bonds is 4. The van der Waals surface area contributed by atoms with Crippen LogP contribution in [0.1, 0.15) is 11.7 Å². The van der Waals surface area contributed by atoms with Crippen molar-refractivity contribution in [3.05, 3.63) is 35.9 Å². The summed E-state index contributed by atoms with van der Waals surface area (Å²) < 4.78 is 4.41. The number of carbonyl (C=O) groups excluding carboxylic acids is 1. The Morgan fingerprint density at radius 2 is 2.00 bits per heavy atom. The Bertz CT molecular complexity index is 294. The van der Waals surface area contributed by atoms with Crippen LogP contribution in [0.25, 0.3) is 0 Å². The summed E-state index contributed by atoms with van der Waals surface area (Å²) in [5, 5.41) is 8.67. The molecule has 0 saturated heterocycles. The molecule has 1 rings (SSSR count). The zero-order valence-electron chi connectivity index (χ0n) is 6.71. The summed E-state index contributed by atoms with van der Waals surface area (Å²) in [4.78, 5) is 20.6. The van der Waals surface area contributed by atoms with Crippen LogP contribution in [-0.2, 0) is 14.3 Å². The van der Waals surface area contributed by atoms with Gasteiger partial charge in [-0.15, -0.1) is 0 Å². The minimum absolute atomic E-state index is 0.131. The lowest BCUT2D eigenvalue weighted by atomic mass is 10.1. The van der Waals surface area contributed by atoms with Crippen molar-refractivity contribution in [2.75, 3.05) is 0 Å². The van der Waals surface area contributed by atoms with Crippen LogP contribution in [0, 0.1) is 0 Å². The first-order chi connectivity index (χ1) is 6.25. The zero-order valence-corrected chi connectivity index (χ0v) is 6.71. The van der Waals surface area contributed by atoms with Gasteiger partial charge in [-0.1, -0.05) is 30.3 Å². The molecule has 68 valence electrons. The molecule has 0 aliphatic heterocycles. The average molecular weight is 180 g/mol. The molecule has 4 nitrogen and oxygen atoms in total. The quantitative estimate of drug-likeness (QED) is 0.701. The van der Waals surface area contributed by atoms with E-state index in [4.69, 9.17) is 5.11 Å². The van der Waals surface area contributed by atoms with Gasteiger partial charge in [0.25, 0.3) is 6.47 Å². The molecule has 13 heavy (non-hydrogen) atoms. The van der Waals surface area contributed by atoms with E-state index in [1.54, 1.807) is 30.3 Å². The first kappa shape index (κ1) is 9.25. The maximum atomic E-state index is 10.6. The minimum Gasteiger partial charge on any atom is -0.478 e. The van der Waals surface area contributed by atoms with Gasteiger partial charge in [0.05, 0.1) is 0 Å². The first-order valence-electron chi connectivity index (χ1n) is 3.62. The summed E-state index contributed by atoms with van der Waals surface area (Å²) in [5.41, 5.74) is 0.446. The maximum absolute atomic E-state index is 10.6. The fraction of sp³-hybridized carbons (Fsp3) is 0.111. The van der Waals surface area contributed by atoms with Gasteiger partial charge in [-0.05, 0) is 0 Å². The van der Waals surface area contributed by atoms with Crippen molar-refractivity contribution in [2.45, 2.75) is 6.10 Å². The number of carboxylic acids is 1. The normalized spacial score (nSPS) is 11.7. The molecule has 4 heteroatoms. The Hall–Kier alpha value is -1.84. The highest BCUT2D eigenvalue weighted by Crippen LogP contribution is 2.15. The molecule has 0 bridgehead atoms. The van der Waals surface area contributed by atoms with Crippen LogP contribution in [0.15, 0.2) is 30.3 Å². The molecule has 0 unspecified atom stereocenters. The second kappa shape index (κ2) is 4.25. The number of aliphatic carboxylic acids is 1. The Kier molecular flexibility index (Phi) is 3.03. The SMILES string of the molecule is O=CO[C@@H](C(=O)O)c1ccccc1. The predicted octanol–water partition coefficient (Wildman–Crippen LogP) is 0.985. The van der Waals surface area contributed by atoms with E-state index in [9.17, 15) is 9.59 Å². The van der Waals surface area contributed by atoms with E-state index in [-0.39, 0.29) is 6.47 Å². The number of carboxylic acid groups (broad SMARTS) is 1.